The van der Waals surface area contributed by atoms with Gasteiger partial charge < -0.3 is 25.4 Å². The number of hydrogen-bond acceptors (Lipinski definition) is 8. The Morgan fingerprint density at radius 1 is 1.15 bits per heavy atom. The number of allylic oxidation sites excluding steroid dienone is 1. The smallest absolute Gasteiger partial charge is 0.405 e. The number of carbonyl (C=O) groups is 4. The SMILES string of the molecule is CC1(S(=O)(=O)NC(=O)[C@@]23C[C@H]2/C=C\CCCCC[C@H](NC(=O)O)C(=O)N2C[C@@]4(CCc5c(c(C(F)F)nc6ccc(Cl)cc56)O4)C[C@H]2C(=O)N3)CC1. The lowest BCUT2D eigenvalue weighted by Crippen LogP contribution is -2.58. The quantitative estimate of drug-likeness (QED) is 0.318. The Bertz CT molecular complexity index is 1990. The number of fused-ring (bicyclic) bond motifs is 5. The number of halogens is 3. The molecular weight excluding hydrogens is 724 g/mol. The summed E-state index contributed by atoms with van der Waals surface area (Å²) in [6.45, 7) is 1.30. The summed E-state index contributed by atoms with van der Waals surface area (Å²) in [5.74, 6) is -3.04. The third kappa shape index (κ3) is 6.56. The number of rotatable bonds is 5. The van der Waals surface area contributed by atoms with Crippen molar-refractivity contribution < 1.29 is 46.2 Å². The van der Waals surface area contributed by atoms with Gasteiger partial charge in [-0.1, -0.05) is 36.6 Å². The van der Waals surface area contributed by atoms with Crippen LogP contribution in [0, 0.1) is 5.92 Å². The van der Waals surface area contributed by atoms with Crippen molar-refractivity contribution >= 4 is 56.3 Å². The molecule has 0 unspecified atom stereocenters. The molecule has 2 aromatic rings. The summed E-state index contributed by atoms with van der Waals surface area (Å²) in [6.07, 6.45) is 2.98. The zero-order valence-corrected chi connectivity index (χ0v) is 30.0. The molecule has 3 aliphatic heterocycles. The number of benzene rings is 1. The number of pyridine rings is 1. The van der Waals surface area contributed by atoms with E-state index in [2.05, 4.69) is 20.3 Å². The lowest BCUT2D eigenvalue weighted by atomic mass is 9.87. The number of aromatic nitrogens is 1. The van der Waals surface area contributed by atoms with Crippen LogP contribution < -0.4 is 20.1 Å². The van der Waals surface area contributed by atoms with Crippen molar-refractivity contribution in [2.45, 2.75) is 112 Å². The number of alkyl halides is 2. The van der Waals surface area contributed by atoms with Crippen molar-refractivity contribution in [2.24, 2.45) is 5.92 Å². The van der Waals surface area contributed by atoms with E-state index in [-0.39, 0.29) is 44.4 Å². The van der Waals surface area contributed by atoms with Gasteiger partial charge in [0.1, 0.15) is 28.9 Å². The van der Waals surface area contributed by atoms with E-state index in [4.69, 9.17) is 16.3 Å². The highest BCUT2D eigenvalue weighted by Gasteiger charge is 2.64. The average molecular weight is 764 g/mol. The zero-order chi connectivity index (χ0) is 37.2. The van der Waals surface area contributed by atoms with Crippen molar-refractivity contribution in [3.63, 3.8) is 0 Å². The van der Waals surface area contributed by atoms with Crippen molar-refractivity contribution in [1.29, 1.82) is 0 Å². The molecule has 4 amide bonds. The van der Waals surface area contributed by atoms with Crippen LogP contribution in [-0.4, -0.2) is 81.7 Å². The summed E-state index contributed by atoms with van der Waals surface area (Å²) in [7, 11) is -4.05. The Hall–Kier alpha value is -4.05. The van der Waals surface area contributed by atoms with Crippen molar-refractivity contribution in [1.82, 2.24) is 25.2 Å². The third-order valence-electron chi connectivity index (χ3n) is 11.3. The van der Waals surface area contributed by atoms with Gasteiger partial charge in [-0.05, 0) is 76.5 Å². The maximum absolute atomic E-state index is 14.5. The first kappa shape index (κ1) is 36.3. The molecule has 1 saturated heterocycles. The summed E-state index contributed by atoms with van der Waals surface area (Å²) in [6, 6.07) is 2.17. The number of sulfonamides is 1. The predicted octanol–water partition coefficient (Wildman–Crippen LogP) is 4.52. The Balaban J connectivity index is 1.25. The molecule has 4 N–H and O–H groups in total. The molecule has 5 aliphatic rings. The second-order valence-corrected chi connectivity index (χ2v) is 17.6. The van der Waals surface area contributed by atoms with Crippen LogP contribution in [0.1, 0.15) is 88.8 Å². The first-order valence-corrected chi connectivity index (χ1v) is 19.4. The molecular formula is C35H40ClF2N5O8S. The van der Waals surface area contributed by atoms with Crippen molar-refractivity contribution in [2.75, 3.05) is 6.54 Å². The normalized spacial score (nSPS) is 30.6. The highest BCUT2D eigenvalue weighted by atomic mass is 35.5. The van der Waals surface area contributed by atoms with Gasteiger partial charge in [-0.25, -0.2) is 27.0 Å². The van der Waals surface area contributed by atoms with Gasteiger partial charge in [0, 0.05) is 28.3 Å². The topological polar surface area (TPSA) is 184 Å². The van der Waals surface area contributed by atoms with Crippen molar-refractivity contribution in [3.05, 3.63) is 46.6 Å². The van der Waals surface area contributed by atoms with Gasteiger partial charge in [0.05, 0.1) is 16.8 Å². The summed E-state index contributed by atoms with van der Waals surface area (Å²) in [4.78, 5) is 59.6. The monoisotopic (exact) mass is 763 g/mol. The average Bonchev–Trinajstić information content (AvgIpc) is 3.97. The molecule has 1 aromatic carbocycles. The van der Waals surface area contributed by atoms with Crippen LogP contribution in [-0.2, 0) is 30.8 Å². The van der Waals surface area contributed by atoms with E-state index in [0.717, 1.165) is 0 Å². The molecule has 1 aromatic heterocycles. The number of amides is 4. The van der Waals surface area contributed by atoms with Gasteiger partial charge in [0.2, 0.25) is 21.8 Å². The number of nitrogens with zero attached hydrogens (tertiary/aromatic N) is 2. The Morgan fingerprint density at radius 3 is 2.63 bits per heavy atom. The fourth-order valence-corrected chi connectivity index (χ4v) is 9.31. The van der Waals surface area contributed by atoms with Crippen molar-refractivity contribution in [3.8, 4) is 5.75 Å². The first-order chi connectivity index (χ1) is 24.6. The van der Waals surface area contributed by atoms with Crippen LogP contribution in [0.25, 0.3) is 10.9 Å². The minimum absolute atomic E-state index is 0.116. The highest BCUT2D eigenvalue weighted by molar-refractivity contribution is 7.91. The Labute approximate surface area is 303 Å². The van der Waals surface area contributed by atoms with Crippen LogP contribution in [0.15, 0.2) is 30.4 Å². The van der Waals surface area contributed by atoms with Gasteiger partial charge >= 0.3 is 6.09 Å². The molecule has 1 spiro atoms. The third-order valence-corrected chi connectivity index (χ3v) is 13.7. The van der Waals surface area contributed by atoms with E-state index in [9.17, 15) is 41.5 Å². The molecule has 2 saturated carbocycles. The Morgan fingerprint density at radius 2 is 1.92 bits per heavy atom. The summed E-state index contributed by atoms with van der Waals surface area (Å²) in [5.41, 5.74) is -2.80. The van der Waals surface area contributed by atoms with Gasteiger partial charge in [-0.2, -0.15) is 0 Å². The molecule has 13 nitrogen and oxygen atoms in total. The maximum atomic E-state index is 14.5. The molecule has 3 fully saturated rings. The number of carbonyl (C=O) groups excluding carboxylic acids is 3. The van der Waals surface area contributed by atoms with Gasteiger partial charge in [-0.3, -0.25) is 19.1 Å². The highest BCUT2D eigenvalue weighted by Crippen LogP contribution is 2.49. The Kier molecular flexibility index (Phi) is 9.16. The number of aryl methyl sites for hydroxylation is 1. The molecule has 7 rings (SSSR count). The van der Waals surface area contributed by atoms with Gasteiger partial charge in [0.15, 0.2) is 5.75 Å². The van der Waals surface area contributed by atoms with Gasteiger partial charge in [0.25, 0.3) is 12.3 Å². The molecule has 5 atom stereocenters. The van der Waals surface area contributed by atoms with E-state index in [1.165, 1.54) is 11.8 Å². The predicted molar refractivity (Wildman–Crippen MR) is 184 cm³/mol. The lowest BCUT2D eigenvalue weighted by molar-refractivity contribution is -0.141. The van der Waals surface area contributed by atoms with Crippen LogP contribution in [0.2, 0.25) is 5.02 Å². The maximum Gasteiger partial charge on any atom is 0.405 e. The molecule has 2 aliphatic carbocycles. The van der Waals surface area contributed by atoms with Crippen LogP contribution in [0.4, 0.5) is 13.6 Å². The number of hydrogen-bond donors (Lipinski definition) is 4. The number of carboxylic acid groups (broad SMARTS) is 1. The van der Waals surface area contributed by atoms with Gasteiger partial charge in [-0.15, -0.1) is 0 Å². The van der Waals surface area contributed by atoms with E-state index < -0.39 is 79.8 Å². The number of ether oxygens (including phenoxy) is 1. The fraction of sp³-hybridized carbons (Fsp3) is 0.571. The minimum Gasteiger partial charge on any atom is -0.483 e. The molecule has 17 heteroatoms. The van der Waals surface area contributed by atoms with Crippen LogP contribution in [0.5, 0.6) is 5.75 Å². The fourth-order valence-electron chi connectivity index (χ4n) is 7.82. The standard InChI is InChI=1S/C35H40ClF2N5O8S/c1-33(13-14-33)52(49,50)42-31(46)35-16-19(35)7-5-3-2-4-6-8-24(40-32(47)48)30(45)43-18-34(17-25(43)29(44)41-35)12-11-21-22-15-20(36)9-10-23(22)39-26(28(37)38)27(21)51-34/h5,7,9-10,15,19,24-25,28,40H,2-4,6,8,11-14,16-18H2,1H3,(H,41,44)(H,42,46)(H,47,48)/b7-5-/t19-,24+,25+,34-,35-/m1/s1. The summed E-state index contributed by atoms with van der Waals surface area (Å²) in [5, 5.41) is 15.6. The van der Waals surface area contributed by atoms with E-state index in [1.807, 2.05) is 6.08 Å². The molecule has 4 heterocycles. The van der Waals surface area contributed by atoms with E-state index in [1.54, 1.807) is 24.3 Å². The van der Waals surface area contributed by atoms with E-state index >= 15 is 0 Å². The summed E-state index contributed by atoms with van der Waals surface area (Å²) < 4.78 is 62.7. The van der Waals surface area contributed by atoms with Crippen LogP contribution >= 0.6 is 11.6 Å². The molecule has 52 heavy (non-hydrogen) atoms. The van der Waals surface area contributed by atoms with Crippen LogP contribution in [0.3, 0.4) is 0 Å². The zero-order valence-electron chi connectivity index (χ0n) is 28.4. The second kappa shape index (κ2) is 13.1. The largest absolute Gasteiger partial charge is 0.483 e. The lowest BCUT2D eigenvalue weighted by Gasteiger charge is -2.37. The minimum atomic E-state index is -4.05. The number of nitrogens with one attached hydrogen (secondary N) is 3. The second-order valence-electron chi connectivity index (χ2n) is 15.0. The first-order valence-electron chi connectivity index (χ1n) is 17.5. The molecule has 0 radical (unpaired) electrons. The summed E-state index contributed by atoms with van der Waals surface area (Å²) >= 11 is 6.25. The van der Waals surface area contributed by atoms with E-state index in [0.29, 0.717) is 60.0 Å². The molecule has 0 bridgehead atoms. The molecule has 280 valence electrons.